The lowest BCUT2D eigenvalue weighted by atomic mass is 10.2. The number of thiophene rings is 1. The van der Waals surface area contributed by atoms with Crippen molar-refractivity contribution in [2.45, 2.75) is 11.1 Å². The summed E-state index contributed by atoms with van der Waals surface area (Å²) in [6, 6.07) is 7.14. The largest absolute Gasteiger partial charge is 0.278 e. The van der Waals surface area contributed by atoms with Gasteiger partial charge >= 0.3 is 0 Å². The van der Waals surface area contributed by atoms with Gasteiger partial charge in [0.2, 0.25) is 0 Å². The average Bonchev–Trinajstić information content (AvgIpc) is 2.72. The van der Waals surface area contributed by atoms with E-state index in [-0.39, 0.29) is 4.21 Å². The first kappa shape index (κ1) is 14.0. The highest BCUT2D eigenvalue weighted by Gasteiger charge is 2.20. The molecule has 0 radical (unpaired) electrons. The lowest BCUT2D eigenvalue weighted by Crippen LogP contribution is -2.12. The summed E-state index contributed by atoms with van der Waals surface area (Å²) in [6.45, 7) is 1.91. The Kier molecular flexibility index (Phi) is 4.15. The molecule has 1 N–H and O–H groups in total. The van der Waals surface area contributed by atoms with E-state index in [0.29, 0.717) is 10.2 Å². The molecule has 0 aliphatic rings. The highest BCUT2D eigenvalue weighted by atomic mass is 79.9. The number of rotatable bonds is 3. The van der Waals surface area contributed by atoms with E-state index in [1.807, 2.05) is 13.0 Å². The molecule has 0 fully saturated rings. The molecule has 0 amide bonds. The molecule has 18 heavy (non-hydrogen) atoms. The van der Waals surface area contributed by atoms with E-state index in [0.717, 1.165) is 10.0 Å². The van der Waals surface area contributed by atoms with Crippen LogP contribution in [0.4, 0.5) is 5.69 Å². The fourth-order valence-corrected chi connectivity index (χ4v) is 5.29. The van der Waals surface area contributed by atoms with Crippen molar-refractivity contribution in [2.75, 3.05) is 4.72 Å². The lowest BCUT2D eigenvalue weighted by molar-refractivity contribution is 0.603. The molecule has 0 atom stereocenters. The Morgan fingerprint density at radius 2 is 1.94 bits per heavy atom. The van der Waals surface area contributed by atoms with Crippen LogP contribution in [-0.2, 0) is 10.0 Å². The highest BCUT2D eigenvalue weighted by Crippen LogP contribution is 2.32. The number of benzene rings is 1. The van der Waals surface area contributed by atoms with Crippen LogP contribution in [0.3, 0.4) is 0 Å². The monoisotopic (exact) mass is 409 g/mol. The van der Waals surface area contributed by atoms with Crippen LogP contribution >= 0.6 is 43.2 Å². The molecule has 0 aliphatic heterocycles. The summed E-state index contributed by atoms with van der Waals surface area (Å²) in [6.07, 6.45) is 0. The summed E-state index contributed by atoms with van der Waals surface area (Å²) >= 11 is 7.78. The predicted molar refractivity (Wildman–Crippen MR) is 81.7 cm³/mol. The molecule has 1 aromatic carbocycles. The summed E-state index contributed by atoms with van der Waals surface area (Å²) < 4.78 is 28.6. The van der Waals surface area contributed by atoms with Gasteiger partial charge in [0.15, 0.2) is 4.21 Å². The van der Waals surface area contributed by atoms with Gasteiger partial charge in [0, 0.05) is 8.95 Å². The summed E-state index contributed by atoms with van der Waals surface area (Å²) in [5, 5.41) is 1.73. The maximum absolute atomic E-state index is 12.2. The fraction of sp³-hybridized carbons (Fsp3) is 0.0909. The first-order chi connectivity index (χ1) is 8.42. The van der Waals surface area contributed by atoms with Crippen LogP contribution in [0.25, 0.3) is 0 Å². The van der Waals surface area contributed by atoms with Crippen molar-refractivity contribution in [2.24, 2.45) is 0 Å². The van der Waals surface area contributed by atoms with Crippen LogP contribution in [0, 0.1) is 6.92 Å². The lowest BCUT2D eigenvalue weighted by Gasteiger charge is -2.10. The van der Waals surface area contributed by atoms with Gasteiger partial charge in [-0.2, -0.15) is 0 Å². The third kappa shape index (κ3) is 2.79. The first-order valence-electron chi connectivity index (χ1n) is 4.93. The van der Waals surface area contributed by atoms with E-state index in [1.54, 1.807) is 23.6 Å². The number of halogens is 2. The van der Waals surface area contributed by atoms with Crippen LogP contribution in [0.15, 0.2) is 42.8 Å². The fourth-order valence-electron chi connectivity index (χ4n) is 1.39. The maximum atomic E-state index is 12.2. The molecule has 2 aromatic rings. The van der Waals surface area contributed by atoms with Gasteiger partial charge in [0.1, 0.15) is 0 Å². The van der Waals surface area contributed by atoms with E-state index < -0.39 is 10.0 Å². The standard InChI is InChI=1S/C11H9Br2NO2S2/c1-7-3-2-4-9(10(7)13)14-18(15,16)11-8(12)5-6-17-11/h2-6,14H,1H3. The smallest absolute Gasteiger partial charge is 0.272 e. The van der Waals surface area contributed by atoms with Crippen molar-refractivity contribution in [3.63, 3.8) is 0 Å². The Bertz CT molecular complexity index is 680. The quantitative estimate of drug-likeness (QED) is 0.815. The van der Waals surface area contributed by atoms with Gasteiger partial charge in [-0.3, -0.25) is 4.72 Å². The third-order valence-electron chi connectivity index (χ3n) is 2.26. The predicted octanol–water partition coefficient (Wildman–Crippen LogP) is 4.38. The van der Waals surface area contributed by atoms with E-state index in [4.69, 9.17) is 0 Å². The third-order valence-corrected chi connectivity index (χ3v) is 7.35. The van der Waals surface area contributed by atoms with Crippen molar-refractivity contribution < 1.29 is 8.42 Å². The van der Waals surface area contributed by atoms with E-state index in [9.17, 15) is 8.42 Å². The van der Waals surface area contributed by atoms with Crippen LogP contribution < -0.4 is 4.72 Å². The van der Waals surface area contributed by atoms with Crippen molar-refractivity contribution in [1.82, 2.24) is 0 Å². The topological polar surface area (TPSA) is 46.2 Å². The molecular formula is C11H9Br2NO2S2. The van der Waals surface area contributed by atoms with Gasteiger partial charge < -0.3 is 0 Å². The Balaban J connectivity index is 2.40. The molecule has 2 rings (SSSR count). The molecule has 1 aromatic heterocycles. The van der Waals surface area contributed by atoms with Gasteiger partial charge in [-0.05, 0) is 61.9 Å². The number of nitrogens with one attached hydrogen (secondary N) is 1. The molecule has 0 spiro atoms. The Morgan fingerprint density at radius 1 is 1.22 bits per heavy atom. The zero-order valence-corrected chi connectivity index (χ0v) is 14.1. The maximum Gasteiger partial charge on any atom is 0.272 e. The van der Waals surface area contributed by atoms with Crippen LogP contribution in [0.1, 0.15) is 5.56 Å². The minimum atomic E-state index is -3.55. The number of hydrogen-bond donors (Lipinski definition) is 1. The average molecular weight is 411 g/mol. The molecule has 0 aliphatic carbocycles. The second kappa shape index (κ2) is 5.32. The molecule has 0 saturated carbocycles. The Hall–Kier alpha value is -0.370. The van der Waals surface area contributed by atoms with Crippen molar-refractivity contribution in [3.05, 3.63) is 44.2 Å². The second-order valence-corrected chi connectivity index (χ2v) is 8.04. The van der Waals surface area contributed by atoms with Crippen LogP contribution in [-0.4, -0.2) is 8.42 Å². The Morgan fingerprint density at radius 3 is 2.56 bits per heavy atom. The van der Waals surface area contributed by atoms with Gasteiger partial charge in [0.25, 0.3) is 10.0 Å². The zero-order chi connectivity index (χ0) is 13.3. The Labute approximate surface area is 127 Å². The normalized spacial score (nSPS) is 11.5. The summed E-state index contributed by atoms with van der Waals surface area (Å²) in [7, 11) is -3.55. The van der Waals surface area contributed by atoms with E-state index >= 15 is 0 Å². The van der Waals surface area contributed by atoms with Gasteiger partial charge in [-0.25, -0.2) is 8.42 Å². The number of sulfonamides is 1. The van der Waals surface area contributed by atoms with E-state index in [2.05, 4.69) is 36.6 Å². The second-order valence-electron chi connectivity index (χ2n) is 3.60. The molecule has 7 heteroatoms. The molecular weight excluding hydrogens is 402 g/mol. The van der Waals surface area contributed by atoms with Crippen LogP contribution in [0.2, 0.25) is 0 Å². The molecule has 3 nitrogen and oxygen atoms in total. The van der Waals surface area contributed by atoms with Gasteiger partial charge in [-0.15, -0.1) is 11.3 Å². The SMILES string of the molecule is Cc1cccc(NS(=O)(=O)c2sccc2Br)c1Br. The number of hydrogen-bond acceptors (Lipinski definition) is 3. The van der Waals surface area contributed by atoms with Gasteiger partial charge in [0.05, 0.1) is 5.69 Å². The minimum Gasteiger partial charge on any atom is -0.278 e. The molecule has 0 saturated heterocycles. The van der Waals surface area contributed by atoms with Gasteiger partial charge in [-0.1, -0.05) is 12.1 Å². The molecule has 0 bridgehead atoms. The molecule has 1 heterocycles. The highest BCUT2D eigenvalue weighted by molar-refractivity contribution is 9.11. The van der Waals surface area contributed by atoms with Crippen molar-refractivity contribution >= 4 is 58.9 Å². The molecule has 0 unspecified atom stereocenters. The first-order valence-corrected chi connectivity index (χ1v) is 8.87. The summed E-state index contributed by atoms with van der Waals surface area (Å²) in [5.41, 5.74) is 1.51. The summed E-state index contributed by atoms with van der Waals surface area (Å²) in [4.78, 5) is 0. The van der Waals surface area contributed by atoms with Crippen molar-refractivity contribution in [3.8, 4) is 0 Å². The van der Waals surface area contributed by atoms with Crippen molar-refractivity contribution in [1.29, 1.82) is 0 Å². The van der Waals surface area contributed by atoms with E-state index in [1.165, 1.54) is 11.3 Å². The molecule has 96 valence electrons. The number of aryl methyl sites for hydroxylation is 1. The van der Waals surface area contributed by atoms with Crippen LogP contribution in [0.5, 0.6) is 0 Å². The zero-order valence-electron chi connectivity index (χ0n) is 9.28. The number of anilines is 1. The minimum absolute atomic E-state index is 0.274. The summed E-state index contributed by atoms with van der Waals surface area (Å²) in [5.74, 6) is 0.